The van der Waals surface area contributed by atoms with Crippen molar-refractivity contribution in [2.24, 2.45) is 0 Å². The maximum atomic E-state index is 11.6. The second kappa shape index (κ2) is 7.63. The van der Waals surface area contributed by atoms with Crippen molar-refractivity contribution in [2.75, 3.05) is 27.1 Å². The van der Waals surface area contributed by atoms with Crippen LogP contribution in [0.1, 0.15) is 15.9 Å². The molecule has 0 bridgehead atoms. The van der Waals surface area contributed by atoms with Gasteiger partial charge in [0.15, 0.2) is 11.5 Å². The van der Waals surface area contributed by atoms with Gasteiger partial charge in [0, 0.05) is 11.5 Å². The predicted octanol–water partition coefficient (Wildman–Crippen LogP) is 3.20. The molecular weight excluding hydrogens is 366 g/mol. The number of carbonyl (C=O) groups excluding carboxylic acids is 1. The van der Waals surface area contributed by atoms with Crippen molar-refractivity contribution in [2.45, 2.75) is 6.54 Å². The van der Waals surface area contributed by atoms with E-state index < -0.39 is 0 Å². The zero-order valence-corrected chi connectivity index (χ0v) is 16.0. The molecule has 7 nitrogen and oxygen atoms in total. The molecule has 0 atom stereocenters. The van der Waals surface area contributed by atoms with E-state index in [1.807, 2.05) is 12.1 Å². The van der Waals surface area contributed by atoms with E-state index in [4.69, 9.17) is 32.2 Å². The van der Waals surface area contributed by atoms with Gasteiger partial charge in [-0.25, -0.2) is 9.78 Å². The molecule has 0 saturated carbocycles. The van der Waals surface area contributed by atoms with Gasteiger partial charge in [0.1, 0.15) is 5.82 Å². The molecule has 3 aromatic rings. The van der Waals surface area contributed by atoms with Gasteiger partial charge in [-0.1, -0.05) is 12.1 Å². The van der Waals surface area contributed by atoms with Crippen LogP contribution in [0.3, 0.4) is 0 Å². The molecule has 0 amide bonds. The minimum atomic E-state index is -0.383. The Labute approximate surface area is 161 Å². The van der Waals surface area contributed by atoms with Crippen LogP contribution in [-0.4, -0.2) is 36.8 Å². The number of nitrogens with two attached hydrogens (primary N) is 1. The first-order valence-electron chi connectivity index (χ1n) is 8.07. The Morgan fingerprint density at radius 2 is 1.74 bits per heavy atom. The van der Waals surface area contributed by atoms with Crippen molar-refractivity contribution >= 4 is 34.9 Å². The van der Waals surface area contributed by atoms with Gasteiger partial charge in [-0.15, -0.1) is 0 Å². The van der Waals surface area contributed by atoms with Gasteiger partial charge in [0.2, 0.25) is 4.77 Å². The lowest BCUT2D eigenvalue weighted by atomic mass is 10.1. The summed E-state index contributed by atoms with van der Waals surface area (Å²) in [4.78, 5) is 16.0. The van der Waals surface area contributed by atoms with E-state index in [-0.39, 0.29) is 5.97 Å². The maximum absolute atomic E-state index is 11.6. The Bertz CT molecular complexity index is 1060. The zero-order chi connectivity index (χ0) is 19.6. The first-order valence-corrected chi connectivity index (χ1v) is 8.48. The van der Waals surface area contributed by atoms with Gasteiger partial charge in [0.25, 0.3) is 0 Å². The molecule has 2 N–H and O–H groups in total. The van der Waals surface area contributed by atoms with E-state index in [1.165, 1.54) is 7.11 Å². The van der Waals surface area contributed by atoms with Crippen LogP contribution in [0.2, 0.25) is 0 Å². The third kappa shape index (κ3) is 3.56. The number of anilines is 1. The molecule has 0 spiro atoms. The van der Waals surface area contributed by atoms with Gasteiger partial charge in [0.05, 0.1) is 39.0 Å². The molecule has 0 aliphatic heterocycles. The van der Waals surface area contributed by atoms with E-state index >= 15 is 0 Å². The minimum Gasteiger partial charge on any atom is -0.493 e. The van der Waals surface area contributed by atoms with Crippen molar-refractivity contribution in [3.8, 4) is 11.5 Å². The van der Waals surface area contributed by atoms with Gasteiger partial charge in [-0.3, -0.25) is 4.57 Å². The third-order valence-electron chi connectivity index (χ3n) is 4.23. The highest BCUT2D eigenvalue weighted by atomic mass is 32.1. The van der Waals surface area contributed by atoms with Gasteiger partial charge in [-0.05, 0) is 36.0 Å². The zero-order valence-electron chi connectivity index (χ0n) is 15.2. The Hall–Kier alpha value is -3.13. The molecule has 140 valence electrons. The molecule has 1 heterocycles. The molecule has 8 heteroatoms. The molecule has 27 heavy (non-hydrogen) atoms. The minimum absolute atomic E-state index is 0.351. The summed E-state index contributed by atoms with van der Waals surface area (Å²) in [5, 5.41) is 0.715. The monoisotopic (exact) mass is 385 g/mol. The van der Waals surface area contributed by atoms with Crippen molar-refractivity contribution in [3.63, 3.8) is 0 Å². The van der Waals surface area contributed by atoms with Gasteiger partial charge < -0.3 is 19.9 Å². The number of carbonyl (C=O) groups is 1. The summed E-state index contributed by atoms with van der Waals surface area (Å²) >= 11 is 5.42. The van der Waals surface area contributed by atoms with Crippen LogP contribution < -0.4 is 15.2 Å². The standard InChI is InChI=1S/C19H19N3O4S/c1-24-15-8-13-14(9-16(15)25-2)21-19(27)22(17(13)20)10-11-4-6-12(7-5-11)18(23)26-3/h4-9H,10,20H2,1-3H3. The summed E-state index contributed by atoms with van der Waals surface area (Å²) in [7, 11) is 4.47. The summed E-state index contributed by atoms with van der Waals surface area (Å²) in [6.07, 6.45) is 0. The summed E-state index contributed by atoms with van der Waals surface area (Å²) in [6, 6.07) is 10.6. The molecule has 1 aromatic heterocycles. The maximum Gasteiger partial charge on any atom is 0.337 e. The van der Waals surface area contributed by atoms with E-state index in [0.717, 1.165) is 5.56 Å². The number of hydrogen-bond acceptors (Lipinski definition) is 7. The second-order valence-electron chi connectivity index (χ2n) is 5.78. The number of nitrogens with zero attached hydrogens (tertiary/aromatic N) is 2. The van der Waals surface area contributed by atoms with Crippen LogP contribution >= 0.6 is 12.2 Å². The number of ether oxygens (including phenoxy) is 3. The molecule has 0 fully saturated rings. The molecule has 0 saturated heterocycles. The molecule has 0 radical (unpaired) electrons. The molecule has 2 aromatic carbocycles. The quantitative estimate of drug-likeness (QED) is 0.533. The van der Waals surface area contributed by atoms with Crippen molar-refractivity contribution in [1.29, 1.82) is 0 Å². The SMILES string of the molecule is COC(=O)c1ccc(Cn2c(N)c3cc(OC)c(OC)cc3nc2=S)cc1. The highest BCUT2D eigenvalue weighted by molar-refractivity contribution is 7.71. The summed E-state index contributed by atoms with van der Waals surface area (Å²) in [5.41, 5.74) is 8.40. The Balaban J connectivity index is 2.04. The highest BCUT2D eigenvalue weighted by Crippen LogP contribution is 2.33. The number of esters is 1. The molecule has 3 rings (SSSR count). The van der Waals surface area contributed by atoms with Gasteiger partial charge in [-0.2, -0.15) is 0 Å². The lowest BCUT2D eigenvalue weighted by Gasteiger charge is -2.15. The normalized spacial score (nSPS) is 10.6. The Kier molecular flexibility index (Phi) is 5.27. The number of aromatic nitrogens is 2. The largest absolute Gasteiger partial charge is 0.493 e. The van der Waals surface area contributed by atoms with Crippen LogP contribution in [0.4, 0.5) is 5.82 Å². The number of benzene rings is 2. The average Bonchev–Trinajstić information content (AvgIpc) is 2.70. The summed E-state index contributed by atoms with van der Waals surface area (Å²) in [6.45, 7) is 0.420. The van der Waals surface area contributed by atoms with E-state index in [9.17, 15) is 4.79 Å². The second-order valence-corrected chi connectivity index (χ2v) is 6.14. The Morgan fingerprint density at radius 3 is 2.33 bits per heavy atom. The van der Waals surface area contributed by atoms with E-state index in [0.29, 0.717) is 45.1 Å². The fraction of sp³-hybridized carbons (Fsp3) is 0.211. The topological polar surface area (TPSA) is 88.6 Å². The predicted molar refractivity (Wildman–Crippen MR) is 105 cm³/mol. The van der Waals surface area contributed by atoms with Crippen LogP contribution in [0.5, 0.6) is 11.5 Å². The summed E-state index contributed by atoms with van der Waals surface area (Å²) in [5.74, 6) is 1.21. The van der Waals surface area contributed by atoms with Crippen molar-refractivity contribution < 1.29 is 19.0 Å². The van der Waals surface area contributed by atoms with Crippen LogP contribution in [0.25, 0.3) is 10.9 Å². The first kappa shape index (κ1) is 18.7. The van der Waals surface area contributed by atoms with Crippen LogP contribution in [0, 0.1) is 4.77 Å². The van der Waals surface area contributed by atoms with Gasteiger partial charge >= 0.3 is 5.97 Å². The molecular formula is C19H19N3O4S. The fourth-order valence-electron chi connectivity index (χ4n) is 2.78. The van der Waals surface area contributed by atoms with E-state index in [2.05, 4.69) is 4.98 Å². The molecule has 0 unspecified atom stereocenters. The number of nitrogen functional groups attached to an aromatic ring is 1. The fourth-order valence-corrected chi connectivity index (χ4v) is 3.04. The third-order valence-corrected chi connectivity index (χ3v) is 4.54. The van der Waals surface area contributed by atoms with Crippen molar-refractivity contribution in [3.05, 3.63) is 52.3 Å². The highest BCUT2D eigenvalue weighted by Gasteiger charge is 2.13. The Morgan fingerprint density at radius 1 is 1.11 bits per heavy atom. The lowest BCUT2D eigenvalue weighted by Crippen LogP contribution is -2.11. The lowest BCUT2D eigenvalue weighted by molar-refractivity contribution is 0.0600. The van der Waals surface area contributed by atoms with Crippen LogP contribution in [-0.2, 0) is 11.3 Å². The number of hydrogen-bond donors (Lipinski definition) is 1. The smallest absolute Gasteiger partial charge is 0.337 e. The molecule has 0 aliphatic rings. The van der Waals surface area contributed by atoms with Crippen LogP contribution in [0.15, 0.2) is 36.4 Å². The number of fused-ring (bicyclic) bond motifs is 1. The number of methoxy groups -OCH3 is 3. The van der Waals surface area contributed by atoms with Crippen molar-refractivity contribution in [1.82, 2.24) is 9.55 Å². The molecule has 0 aliphatic carbocycles. The van der Waals surface area contributed by atoms with E-state index in [1.54, 1.807) is 43.1 Å². The number of rotatable bonds is 5. The average molecular weight is 385 g/mol. The summed E-state index contributed by atoms with van der Waals surface area (Å²) < 4.78 is 17.4. The first-order chi connectivity index (χ1) is 13.0.